The van der Waals surface area contributed by atoms with Gasteiger partial charge in [-0.25, -0.2) is 0 Å². The van der Waals surface area contributed by atoms with Gasteiger partial charge in [-0.15, -0.1) is 11.3 Å². The van der Waals surface area contributed by atoms with Crippen LogP contribution in [-0.4, -0.2) is 17.2 Å². The predicted octanol–water partition coefficient (Wildman–Crippen LogP) is 1.49. The number of aryl methyl sites for hydroxylation is 1. The molecule has 0 aliphatic rings. The van der Waals surface area contributed by atoms with E-state index in [0.717, 1.165) is 8.27 Å². The van der Waals surface area contributed by atoms with Crippen LogP contribution in [0.1, 0.15) is 5.56 Å². The van der Waals surface area contributed by atoms with E-state index in [9.17, 15) is 0 Å². The molecule has 14 heavy (non-hydrogen) atoms. The molecule has 0 saturated heterocycles. The summed E-state index contributed by atoms with van der Waals surface area (Å²) < 4.78 is 2.07. The third-order valence-corrected chi connectivity index (χ3v) is 4.84. The zero-order valence-electron chi connectivity index (χ0n) is 7.49. The Morgan fingerprint density at radius 3 is 2.71 bits per heavy atom. The first-order valence-electron chi connectivity index (χ1n) is 4.13. The maximum absolute atomic E-state index is 9.13. The number of halogens is 1. The quantitative estimate of drug-likeness (QED) is 0.618. The normalized spacial score (nSPS) is 10.9. The smallest absolute Gasteiger partial charge is 0.423 e. The number of fused-ring (bicyclic) bond motifs is 1. The highest BCUT2D eigenvalue weighted by molar-refractivity contribution is 14.1. The van der Waals surface area contributed by atoms with Gasteiger partial charge in [-0.2, -0.15) is 0 Å². The Labute approximate surface area is 99.9 Å². The van der Waals surface area contributed by atoms with Crippen LogP contribution in [0.5, 0.6) is 0 Å². The minimum atomic E-state index is -1.38. The lowest BCUT2D eigenvalue weighted by atomic mass is 9.80. The third-order valence-electron chi connectivity index (χ3n) is 2.18. The number of rotatable bonds is 1. The van der Waals surface area contributed by atoms with Crippen molar-refractivity contribution in [1.82, 2.24) is 0 Å². The Kier molecular flexibility index (Phi) is 2.83. The van der Waals surface area contributed by atoms with Gasteiger partial charge in [-0.05, 0) is 51.3 Å². The highest BCUT2D eigenvalue weighted by Crippen LogP contribution is 2.28. The molecular formula is C9H8BIO2S. The standard InChI is InChI=1S/C9H8BIO2S/c1-5-4-14-9-6(5)2-3-7(8(9)11)10(12)13/h2-4,12-13H,1H3. The Morgan fingerprint density at radius 2 is 2.07 bits per heavy atom. The van der Waals surface area contributed by atoms with Crippen molar-refractivity contribution in [3.63, 3.8) is 0 Å². The molecule has 2 N–H and O–H groups in total. The average Bonchev–Trinajstić information content (AvgIpc) is 2.49. The van der Waals surface area contributed by atoms with Crippen LogP contribution in [0.25, 0.3) is 10.1 Å². The van der Waals surface area contributed by atoms with E-state index in [1.165, 1.54) is 10.9 Å². The minimum absolute atomic E-state index is 0.583. The van der Waals surface area contributed by atoms with Crippen LogP contribution in [0.4, 0.5) is 0 Å². The van der Waals surface area contributed by atoms with E-state index >= 15 is 0 Å². The van der Waals surface area contributed by atoms with Crippen molar-refractivity contribution in [3.8, 4) is 0 Å². The fraction of sp³-hybridized carbons (Fsp3) is 0.111. The van der Waals surface area contributed by atoms with E-state index in [-0.39, 0.29) is 0 Å². The van der Waals surface area contributed by atoms with Crippen molar-refractivity contribution in [2.75, 3.05) is 0 Å². The molecule has 72 valence electrons. The maximum Gasteiger partial charge on any atom is 0.489 e. The van der Waals surface area contributed by atoms with Gasteiger partial charge in [0, 0.05) is 8.27 Å². The van der Waals surface area contributed by atoms with Gasteiger partial charge in [-0.1, -0.05) is 12.1 Å². The highest BCUT2D eigenvalue weighted by Gasteiger charge is 2.17. The molecule has 1 heterocycles. The van der Waals surface area contributed by atoms with Crippen molar-refractivity contribution in [2.24, 2.45) is 0 Å². The molecule has 0 aliphatic carbocycles. The second-order valence-electron chi connectivity index (χ2n) is 3.14. The van der Waals surface area contributed by atoms with Crippen LogP contribution in [0.3, 0.4) is 0 Å². The van der Waals surface area contributed by atoms with Crippen LogP contribution in [-0.2, 0) is 0 Å². The van der Waals surface area contributed by atoms with E-state index < -0.39 is 7.12 Å². The second-order valence-corrected chi connectivity index (χ2v) is 5.10. The molecule has 2 aromatic rings. The Hall–Kier alpha value is -0.105. The fourth-order valence-corrected chi connectivity index (χ4v) is 3.54. The van der Waals surface area contributed by atoms with Crippen LogP contribution >= 0.6 is 33.9 Å². The van der Waals surface area contributed by atoms with Crippen LogP contribution in [0, 0.1) is 10.5 Å². The van der Waals surface area contributed by atoms with Gasteiger partial charge in [0.05, 0.1) is 0 Å². The van der Waals surface area contributed by atoms with Crippen LogP contribution in [0.15, 0.2) is 17.5 Å². The summed E-state index contributed by atoms with van der Waals surface area (Å²) in [6.45, 7) is 2.06. The molecule has 0 atom stereocenters. The highest BCUT2D eigenvalue weighted by atomic mass is 127. The molecule has 1 aromatic carbocycles. The lowest BCUT2D eigenvalue weighted by Crippen LogP contribution is -2.32. The van der Waals surface area contributed by atoms with Gasteiger partial charge >= 0.3 is 7.12 Å². The molecule has 0 bridgehead atoms. The van der Waals surface area contributed by atoms with E-state index in [2.05, 4.69) is 34.9 Å². The van der Waals surface area contributed by atoms with Crippen molar-refractivity contribution < 1.29 is 10.0 Å². The summed E-state index contributed by atoms with van der Waals surface area (Å²) >= 11 is 3.80. The summed E-state index contributed by atoms with van der Waals surface area (Å²) in [5, 5.41) is 21.5. The first-order chi connectivity index (χ1) is 6.61. The monoisotopic (exact) mass is 318 g/mol. The maximum atomic E-state index is 9.13. The summed E-state index contributed by atoms with van der Waals surface area (Å²) in [6, 6.07) is 3.71. The lowest BCUT2D eigenvalue weighted by Gasteiger charge is -2.03. The zero-order chi connectivity index (χ0) is 10.3. The first kappa shape index (κ1) is 10.4. The predicted molar refractivity (Wildman–Crippen MR) is 69.1 cm³/mol. The van der Waals surface area contributed by atoms with Crippen LogP contribution < -0.4 is 5.46 Å². The molecule has 2 rings (SSSR count). The summed E-state index contributed by atoms with van der Waals surface area (Å²) in [6.07, 6.45) is 0. The average molecular weight is 318 g/mol. The van der Waals surface area contributed by atoms with Gasteiger partial charge in [0.25, 0.3) is 0 Å². The largest absolute Gasteiger partial charge is 0.489 e. The van der Waals surface area contributed by atoms with E-state index in [1.807, 2.05) is 6.07 Å². The molecule has 0 radical (unpaired) electrons. The van der Waals surface area contributed by atoms with Crippen molar-refractivity contribution in [1.29, 1.82) is 0 Å². The van der Waals surface area contributed by atoms with E-state index in [1.54, 1.807) is 17.4 Å². The summed E-state index contributed by atoms with van der Waals surface area (Å²) in [5.41, 5.74) is 1.82. The molecule has 5 heteroatoms. The zero-order valence-corrected chi connectivity index (χ0v) is 10.5. The Bertz CT molecular complexity index is 481. The van der Waals surface area contributed by atoms with Crippen molar-refractivity contribution in [3.05, 3.63) is 26.6 Å². The van der Waals surface area contributed by atoms with Gasteiger partial charge < -0.3 is 10.0 Å². The van der Waals surface area contributed by atoms with Gasteiger partial charge in [0.15, 0.2) is 0 Å². The van der Waals surface area contributed by atoms with Gasteiger partial charge in [-0.3, -0.25) is 0 Å². The molecule has 0 spiro atoms. The molecule has 0 aliphatic heterocycles. The SMILES string of the molecule is Cc1csc2c(I)c(B(O)O)ccc12. The third kappa shape index (κ3) is 1.58. The molecular weight excluding hydrogens is 310 g/mol. The van der Waals surface area contributed by atoms with Gasteiger partial charge in [0.2, 0.25) is 0 Å². The van der Waals surface area contributed by atoms with Crippen molar-refractivity contribution >= 4 is 56.6 Å². The molecule has 0 fully saturated rings. The minimum Gasteiger partial charge on any atom is -0.423 e. The summed E-state index contributed by atoms with van der Waals surface area (Å²) in [7, 11) is -1.38. The number of benzene rings is 1. The molecule has 2 nitrogen and oxygen atoms in total. The Balaban J connectivity index is 2.76. The molecule has 0 saturated carbocycles. The topological polar surface area (TPSA) is 40.5 Å². The number of hydrogen-bond acceptors (Lipinski definition) is 3. The van der Waals surface area contributed by atoms with Gasteiger partial charge in [0.1, 0.15) is 0 Å². The summed E-state index contributed by atoms with van der Waals surface area (Å²) in [4.78, 5) is 0. The van der Waals surface area contributed by atoms with E-state index in [4.69, 9.17) is 10.0 Å². The first-order valence-corrected chi connectivity index (χ1v) is 6.09. The molecule has 0 amide bonds. The number of hydrogen-bond donors (Lipinski definition) is 2. The van der Waals surface area contributed by atoms with E-state index in [0.29, 0.717) is 5.46 Å². The summed E-state index contributed by atoms with van der Waals surface area (Å²) in [5.74, 6) is 0. The fourth-order valence-electron chi connectivity index (χ4n) is 1.41. The Morgan fingerprint density at radius 1 is 1.36 bits per heavy atom. The number of thiophene rings is 1. The van der Waals surface area contributed by atoms with Crippen molar-refractivity contribution in [2.45, 2.75) is 6.92 Å². The second kappa shape index (κ2) is 3.81. The lowest BCUT2D eigenvalue weighted by molar-refractivity contribution is 0.425. The van der Waals surface area contributed by atoms with Crippen LogP contribution in [0.2, 0.25) is 0 Å². The molecule has 1 aromatic heterocycles. The molecule has 0 unspecified atom stereocenters.